The second-order valence-electron chi connectivity index (χ2n) is 11.4. The number of hydrogen-bond acceptors (Lipinski definition) is 6. The minimum absolute atomic E-state index is 0.0720. The molecule has 1 saturated heterocycles. The molecule has 0 aliphatic carbocycles. The van der Waals surface area contributed by atoms with Crippen LogP contribution in [0.25, 0.3) is 10.8 Å². The molecule has 4 rings (SSSR count). The van der Waals surface area contributed by atoms with Crippen molar-refractivity contribution in [2.75, 3.05) is 43.7 Å². The minimum atomic E-state index is -0.384. The molecule has 3 aromatic rings. The summed E-state index contributed by atoms with van der Waals surface area (Å²) >= 11 is 0. The third-order valence-corrected chi connectivity index (χ3v) is 7.20. The molecule has 202 valence electrons. The summed E-state index contributed by atoms with van der Waals surface area (Å²) < 4.78 is 10.3. The average Bonchev–Trinajstić information content (AvgIpc) is 2.90. The van der Waals surface area contributed by atoms with Crippen LogP contribution in [0.5, 0.6) is 5.75 Å². The highest BCUT2D eigenvalue weighted by molar-refractivity contribution is 6.04. The van der Waals surface area contributed by atoms with Crippen molar-refractivity contribution >= 4 is 34.2 Å². The van der Waals surface area contributed by atoms with Crippen LogP contribution < -0.4 is 14.5 Å². The van der Waals surface area contributed by atoms with E-state index < -0.39 is 0 Å². The monoisotopic (exact) mass is 517 g/mol. The van der Waals surface area contributed by atoms with E-state index in [0.717, 1.165) is 48.0 Å². The Bertz CT molecular complexity index is 1310. The summed E-state index contributed by atoms with van der Waals surface area (Å²) in [6.45, 7) is 10.8. The molecule has 1 aliphatic rings. The Hall–Kier alpha value is -3.61. The largest absolute Gasteiger partial charge is 0.496 e. The smallest absolute Gasteiger partial charge is 0.337 e. The van der Waals surface area contributed by atoms with Gasteiger partial charge in [0.25, 0.3) is 0 Å². The van der Waals surface area contributed by atoms with Crippen LogP contribution in [-0.4, -0.2) is 50.7 Å². The standard InChI is InChI=1S/C31H39N3O4/c1-21-17-25(8-10-27(21)37-5)33-15-12-22(13-16-33)20-34(28(35)19-31(2,3)4)29-26-9-7-24(30(36)38-6)18-23(26)11-14-32-29/h7-11,14,17-18,22H,12-13,15-16,19-20H2,1-6H3. The molecule has 7 nitrogen and oxygen atoms in total. The SMILES string of the molecule is COC(=O)c1ccc2c(N(CC3CCN(c4ccc(OC)c(C)c4)CC3)C(=O)CC(C)(C)C)nccc2c1. The van der Waals surface area contributed by atoms with Gasteiger partial charge >= 0.3 is 5.97 Å². The lowest BCUT2D eigenvalue weighted by Crippen LogP contribution is -2.42. The van der Waals surface area contributed by atoms with E-state index >= 15 is 0 Å². The maximum Gasteiger partial charge on any atom is 0.337 e. The molecule has 1 aromatic heterocycles. The summed E-state index contributed by atoms with van der Waals surface area (Å²) in [7, 11) is 3.07. The van der Waals surface area contributed by atoms with Crippen LogP contribution in [0.3, 0.4) is 0 Å². The second kappa shape index (κ2) is 11.4. The van der Waals surface area contributed by atoms with Crippen molar-refractivity contribution in [2.24, 2.45) is 11.3 Å². The summed E-state index contributed by atoms with van der Waals surface area (Å²) in [5.41, 5.74) is 2.67. The Morgan fingerprint density at radius 1 is 1.05 bits per heavy atom. The van der Waals surface area contributed by atoms with Crippen molar-refractivity contribution in [3.05, 3.63) is 59.8 Å². The molecule has 1 aliphatic heterocycles. The van der Waals surface area contributed by atoms with Crippen LogP contribution >= 0.6 is 0 Å². The van der Waals surface area contributed by atoms with Gasteiger partial charge in [-0.2, -0.15) is 0 Å². The van der Waals surface area contributed by atoms with Gasteiger partial charge in [0.2, 0.25) is 5.91 Å². The minimum Gasteiger partial charge on any atom is -0.496 e. The van der Waals surface area contributed by atoms with E-state index in [1.54, 1.807) is 25.4 Å². The van der Waals surface area contributed by atoms with Gasteiger partial charge in [0.1, 0.15) is 11.6 Å². The number of rotatable bonds is 7. The summed E-state index contributed by atoms with van der Waals surface area (Å²) in [6, 6.07) is 13.6. The van der Waals surface area contributed by atoms with Gasteiger partial charge in [0.15, 0.2) is 0 Å². The number of amides is 1. The van der Waals surface area contributed by atoms with Crippen molar-refractivity contribution in [1.29, 1.82) is 0 Å². The predicted octanol–water partition coefficient (Wildman–Crippen LogP) is 6.02. The second-order valence-corrected chi connectivity index (χ2v) is 11.4. The van der Waals surface area contributed by atoms with Crippen LogP contribution in [0.2, 0.25) is 0 Å². The normalized spacial score (nSPS) is 14.4. The highest BCUT2D eigenvalue weighted by atomic mass is 16.5. The molecular weight excluding hydrogens is 478 g/mol. The molecule has 0 N–H and O–H groups in total. The molecule has 0 radical (unpaired) electrons. The molecule has 0 spiro atoms. The van der Waals surface area contributed by atoms with Gasteiger partial charge in [0, 0.05) is 43.3 Å². The van der Waals surface area contributed by atoms with Gasteiger partial charge in [-0.25, -0.2) is 9.78 Å². The van der Waals surface area contributed by atoms with Crippen molar-refractivity contribution in [2.45, 2.75) is 47.0 Å². The number of pyridine rings is 1. The number of hydrogen-bond donors (Lipinski definition) is 0. The fourth-order valence-corrected chi connectivity index (χ4v) is 5.17. The third-order valence-electron chi connectivity index (χ3n) is 7.20. The van der Waals surface area contributed by atoms with Gasteiger partial charge in [-0.05, 0) is 84.5 Å². The van der Waals surface area contributed by atoms with E-state index in [9.17, 15) is 9.59 Å². The Labute approximate surface area is 225 Å². The van der Waals surface area contributed by atoms with Crippen LogP contribution in [0.15, 0.2) is 48.7 Å². The zero-order valence-electron chi connectivity index (χ0n) is 23.4. The fourth-order valence-electron chi connectivity index (χ4n) is 5.17. The lowest BCUT2D eigenvalue weighted by molar-refractivity contribution is -0.120. The van der Waals surface area contributed by atoms with Gasteiger partial charge in [-0.3, -0.25) is 9.69 Å². The number of ether oxygens (including phenoxy) is 2. The summed E-state index contributed by atoms with van der Waals surface area (Å²) in [5.74, 6) is 1.60. The van der Waals surface area contributed by atoms with Crippen LogP contribution in [0.1, 0.15) is 56.0 Å². The van der Waals surface area contributed by atoms with E-state index in [0.29, 0.717) is 30.3 Å². The number of nitrogens with zero attached hydrogens (tertiary/aromatic N) is 3. The number of carbonyl (C=O) groups is 2. The first-order chi connectivity index (χ1) is 18.1. The molecule has 2 aromatic carbocycles. The number of aromatic nitrogens is 1. The first-order valence-electron chi connectivity index (χ1n) is 13.3. The number of piperidine rings is 1. The number of fused-ring (bicyclic) bond motifs is 1. The quantitative estimate of drug-likeness (QED) is 0.357. The predicted molar refractivity (Wildman–Crippen MR) is 152 cm³/mol. The van der Waals surface area contributed by atoms with Crippen molar-refractivity contribution in [1.82, 2.24) is 4.98 Å². The van der Waals surface area contributed by atoms with E-state index in [4.69, 9.17) is 9.47 Å². The van der Waals surface area contributed by atoms with E-state index in [2.05, 4.69) is 49.7 Å². The molecular formula is C31H39N3O4. The van der Waals surface area contributed by atoms with Crippen LogP contribution in [-0.2, 0) is 9.53 Å². The van der Waals surface area contributed by atoms with Crippen molar-refractivity contribution in [3.8, 4) is 5.75 Å². The molecule has 0 bridgehead atoms. The van der Waals surface area contributed by atoms with E-state index in [-0.39, 0.29) is 17.3 Å². The van der Waals surface area contributed by atoms with Crippen molar-refractivity contribution in [3.63, 3.8) is 0 Å². The van der Waals surface area contributed by atoms with Crippen LogP contribution in [0, 0.1) is 18.3 Å². The van der Waals surface area contributed by atoms with Gasteiger partial charge in [0.05, 0.1) is 19.8 Å². The maximum atomic E-state index is 13.7. The van der Waals surface area contributed by atoms with Crippen molar-refractivity contribution < 1.29 is 19.1 Å². The highest BCUT2D eigenvalue weighted by Crippen LogP contribution is 2.32. The lowest BCUT2D eigenvalue weighted by Gasteiger charge is -2.36. The zero-order chi connectivity index (χ0) is 27.4. The number of benzene rings is 2. The highest BCUT2D eigenvalue weighted by Gasteiger charge is 2.29. The molecule has 7 heteroatoms. The molecule has 38 heavy (non-hydrogen) atoms. The zero-order valence-corrected chi connectivity index (χ0v) is 23.4. The lowest BCUT2D eigenvalue weighted by atomic mass is 9.90. The summed E-state index contributed by atoms with van der Waals surface area (Å²) in [6.07, 6.45) is 4.11. The molecule has 1 amide bonds. The fraction of sp³-hybridized carbons (Fsp3) is 0.452. The number of esters is 1. The Morgan fingerprint density at radius 2 is 1.79 bits per heavy atom. The summed E-state index contributed by atoms with van der Waals surface area (Å²) in [4.78, 5) is 34.7. The van der Waals surface area contributed by atoms with Gasteiger partial charge < -0.3 is 14.4 Å². The summed E-state index contributed by atoms with van der Waals surface area (Å²) in [5, 5.41) is 1.71. The molecule has 1 fully saturated rings. The maximum absolute atomic E-state index is 13.7. The van der Waals surface area contributed by atoms with E-state index in [1.807, 2.05) is 23.1 Å². The number of anilines is 2. The number of carbonyl (C=O) groups excluding carboxylic acids is 2. The number of aryl methyl sites for hydroxylation is 1. The first-order valence-corrected chi connectivity index (χ1v) is 13.3. The first kappa shape index (κ1) is 27.4. The van der Waals surface area contributed by atoms with Crippen LogP contribution in [0.4, 0.5) is 11.5 Å². The third kappa shape index (κ3) is 6.26. The molecule has 2 heterocycles. The topological polar surface area (TPSA) is 72.0 Å². The average molecular weight is 518 g/mol. The Kier molecular flexibility index (Phi) is 8.24. The molecule has 0 saturated carbocycles. The van der Waals surface area contributed by atoms with E-state index in [1.165, 1.54) is 12.8 Å². The molecule has 0 atom stereocenters. The van der Waals surface area contributed by atoms with Gasteiger partial charge in [-0.15, -0.1) is 0 Å². The Balaban J connectivity index is 1.57. The number of methoxy groups -OCH3 is 2. The Morgan fingerprint density at radius 3 is 2.42 bits per heavy atom. The van der Waals surface area contributed by atoms with Gasteiger partial charge in [-0.1, -0.05) is 20.8 Å². The molecule has 0 unspecified atom stereocenters.